The first-order valence-corrected chi connectivity index (χ1v) is 10.2. The van der Waals surface area contributed by atoms with Crippen LogP contribution in [0.3, 0.4) is 0 Å². The molecule has 0 unspecified atom stereocenters. The van der Waals surface area contributed by atoms with Crippen LogP contribution in [0.15, 0.2) is 29.4 Å². The van der Waals surface area contributed by atoms with Gasteiger partial charge in [0.05, 0.1) is 17.4 Å². The number of anilines is 1. The smallest absolute Gasteiger partial charge is 0.273 e. The van der Waals surface area contributed by atoms with Gasteiger partial charge in [-0.25, -0.2) is 9.37 Å². The van der Waals surface area contributed by atoms with E-state index in [1.165, 1.54) is 17.5 Å². The molecule has 1 amide bonds. The van der Waals surface area contributed by atoms with Crippen LogP contribution in [-0.4, -0.2) is 47.0 Å². The molecule has 2 fully saturated rings. The zero-order valence-corrected chi connectivity index (χ0v) is 15.5. The molecule has 2 aromatic heterocycles. The van der Waals surface area contributed by atoms with Crippen molar-refractivity contribution in [2.75, 3.05) is 31.1 Å². The molecule has 5 nitrogen and oxygen atoms in total. The van der Waals surface area contributed by atoms with Gasteiger partial charge in [0.15, 0.2) is 5.82 Å². The number of nitrogens with zero attached hydrogens (tertiary/aromatic N) is 4. The summed E-state index contributed by atoms with van der Waals surface area (Å²) in [7, 11) is 0. The highest BCUT2D eigenvalue weighted by molar-refractivity contribution is 7.07. The fraction of sp³-hybridized carbons (Fsp3) is 0.526. The van der Waals surface area contributed by atoms with Crippen molar-refractivity contribution in [3.05, 3.63) is 40.9 Å². The summed E-state index contributed by atoms with van der Waals surface area (Å²) in [5.41, 5.74) is 2.95. The Kier molecular flexibility index (Phi) is 5.15. The van der Waals surface area contributed by atoms with E-state index in [-0.39, 0.29) is 11.7 Å². The van der Waals surface area contributed by atoms with Crippen LogP contribution in [-0.2, 0) is 0 Å². The van der Waals surface area contributed by atoms with Crippen LogP contribution in [0, 0.1) is 17.7 Å². The summed E-state index contributed by atoms with van der Waals surface area (Å²) in [6.45, 7) is 3.42. The number of aromatic nitrogens is 2. The summed E-state index contributed by atoms with van der Waals surface area (Å²) >= 11 is 1.46. The van der Waals surface area contributed by atoms with Gasteiger partial charge in [-0.05, 0) is 43.6 Å². The summed E-state index contributed by atoms with van der Waals surface area (Å²) < 4.78 is 13.9. The van der Waals surface area contributed by atoms with Gasteiger partial charge >= 0.3 is 0 Å². The number of amides is 1. The Hall–Kier alpha value is -2.02. The van der Waals surface area contributed by atoms with Crippen LogP contribution in [0.25, 0.3) is 0 Å². The maximum Gasteiger partial charge on any atom is 0.273 e. The van der Waals surface area contributed by atoms with E-state index in [9.17, 15) is 9.18 Å². The van der Waals surface area contributed by atoms with Crippen molar-refractivity contribution in [1.29, 1.82) is 0 Å². The van der Waals surface area contributed by atoms with Gasteiger partial charge in [0.25, 0.3) is 5.91 Å². The topological polar surface area (TPSA) is 49.3 Å². The van der Waals surface area contributed by atoms with Crippen LogP contribution in [0.4, 0.5) is 10.1 Å². The first-order chi connectivity index (χ1) is 12.7. The molecule has 0 aliphatic carbocycles. The van der Waals surface area contributed by atoms with E-state index < -0.39 is 0 Å². The molecule has 0 bridgehead atoms. The van der Waals surface area contributed by atoms with E-state index in [0.717, 1.165) is 51.9 Å². The van der Waals surface area contributed by atoms with Crippen molar-refractivity contribution < 1.29 is 9.18 Å². The Morgan fingerprint density at radius 1 is 1.12 bits per heavy atom. The number of halogens is 1. The van der Waals surface area contributed by atoms with E-state index in [1.807, 2.05) is 10.3 Å². The third-order valence-corrected chi connectivity index (χ3v) is 6.36. The van der Waals surface area contributed by atoms with Crippen LogP contribution in [0.1, 0.15) is 36.2 Å². The van der Waals surface area contributed by atoms with Gasteiger partial charge < -0.3 is 9.80 Å². The van der Waals surface area contributed by atoms with Crippen LogP contribution in [0.5, 0.6) is 0 Å². The minimum absolute atomic E-state index is 0.0627. The van der Waals surface area contributed by atoms with Crippen molar-refractivity contribution in [2.24, 2.45) is 11.8 Å². The lowest BCUT2D eigenvalue weighted by Crippen LogP contribution is -2.43. The SMILES string of the molecule is O=C(c1cscn1)N1CCC(C2CCN(c3ccncc3F)CC2)CC1. The molecular weight excluding hydrogens is 351 g/mol. The highest BCUT2D eigenvalue weighted by Gasteiger charge is 2.31. The molecule has 0 atom stereocenters. The molecule has 138 valence electrons. The van der Waals surface area contributed by atoms with Gasteiger partial charge in [0, 0.05) is 37.8 Å². The number of carbonyl (C=O) groups excluding carboxylic acids is 1. The Labute approximate surface area is 156 Å². The fourth-order valence-electron chi connectivity index (χ4n) is 4.29. The van der Waals surface area contributed by atoms with Gasteiger partial charge in [0.2, 0.25) is 0 Å². The molecule has 2 aliphatic heterocycles. The second kappa shape index (κ2) is 7.70. The average molecular weight is 374 g/mol. The molecule has 0 spiro atoms. The van der Waals surface area contributed by atoms with Crippen LogP contribution in [0.2, 0.25) is 0 Å². The highest BCUT2D eigenvalue weighted by atomic mass is 32.1. The summed E-state index contributed by atoms with van der Waals surface area (Å²) in [4.78, 5) is 24.4. The van der Waals surface area contributed by atoms with E-state index in [4.69, 9.17) is 0 Å². The van der Waals surface area contributed by atoms with Crippen LogP contribution < -0.4 is 4.90 Å². The predicted molar refractivity (Wildman–Crippen MR) is 99.9 cm³/mol. The van der Waals surface area contributed by atoms with Crippen molar-refractivity contribution >= 4 is 22.9 Å². The van der Waals surface area contributed by atoms with Gasteiger partial charge in [-0.2, -0.15) is 0 Å². The van der Waals surface area contributed by atoms with Gasteiger partial charge in [-0.3, -0.25) is 9.78 Å². The molecule has 0 aromatic carbocycles. The molecule has 0 N–H and O–H groups in total. The summed E-state index contributed by atoms with van der Waals surface area (Å²) in [6, 6.07) is 1.76. The van der Waals surface area contributed by atoms with Gasteiger partial charge in [0.1, 0.15) is 5.69 Å². The molecular formula is C19H23FN4OS. The van der Waals surface area contributed by atoms with Crippen LogP contribution >= 0.6 is 11.3 Å². The fourth-order valence-corrected chi connectivity index (χ4v) is 4.82. The Morgan fingerprint density at radius 2 is 1.81 bits per heavy atom. The molecule has 2 saturated heterocycles. The van der Waals surface area contributed by atoms with E-state index in [0.29, 0.717) is 23.2 Å². The lowest BCUT2D eigenvalue weighted by Gasteiger charge is -2.40. The summed E-state index contributed by atoms with van der Waals surface area (Å²) in [5.74, 6) is 1.17. The average Bonchev–Trinajstić information content (AvgIpc) is 3.23. The summed E-state index contributed by atoms with van der Waals surface area (Å²) in [6.07, 6.45) is 7.24. The molecule has 4 rings (SSSR count). The molecule has 0 radical (unpaired) electrons. The third-order valence-electron chi connectivity index (χ3n) is 5.78. The van der Waals surface area contributed by atoms with Gasteiger partial charge in [-0.15, -0.1) is 11.3 Å². The van der Waals surface area contributed by atoms with E-state index in [2.05, 4.69) is 14.9 Å². The van der Waals surface area contributed by atoms with E-state index >= 15 is 0 Å². The number of hydrogen-bond donors (Lipinski definition) is 0. The Bertz CT molecular complexity index is 738. The second-order valence-corrected chi connectivity index (χ2v) is 7.87. The van der Waals surface area contributed by atoms with E-state index in [1.54, 1.807) is 17.8 Å². The number of piperidine rings is 2. The maximum absolute atomic E-state index is 13.9. The maximum atomic E-state index is 13.9. The molecule has 2 aromatic rings. The minimum Gasteiger partial charge on any atom is -0.369 e. The predicted octanol–water partition coefficient (Wildman–Crippen LogP) is 3.45. The number of rotatable bonds is 3. The first-order valence-electron chi connectivity index (χ1n) is 9.24. The molecule has 0 saturated carbocycles. The zero-order chi connectivity index (χ0) is 17.9. The number of pyridine rings is 1. The van der Waals surface area contributed by atoms with Crippen molar-refractivity contribution in [1.82, 2.24) is 14.9 Å². The lowest BCUT2D eigenvalue weighted by molar-refractivity contribution is 0.0640. The number of carbonyl (C=O) groups is 1. The van der Waals surface area contributed by atoms with Crippen molar-refractivity contribution in [3.8, 4) is 0 Å². The molecule has 2 aliphatic rings. The second-order valence-electron chi connectivity index (χ2n) is 7.15. The minimum atomic E-state index is -0.236. The largest absolute Gasteiger partial charge is 0.369 e. The van der Waals surface area contributed by atoms with Gasteiger partial charge in [-0.1, -0.05) is 0 Å². The zero-order valence-electron chi connectivity index (χ0n) is 14.7. The standard InChI is InChI=1S/C19H23FN4OS/c20-16-11-21-6-1-18(16)23-7-2-14(3-8-23)15-4-9-24(10-5-15)19(25)17-12-26-13-22-17/h1,6,11-15H,2-5,7-10H2. The lowest BCUT2D eigenvalue weighted by atomic mass is 9.78. The normalized spacial score (nSPS) is 19.7. The quantitative estimate of drug-likeness (QED) is 0.826. The highest BCUT2D eigenvalue weighted by Crippen LogP contribution is 2.34. The number of thiazole rings is 1. The third kappa shape index (κ3) is 3.58. The Balaban J connectivity index is 1.28. The monoisotopic (exact) mass is 374 g/mol. The number of hydrogen-bond acceptors (Lipinski definition) is 5. The first kappa shape index (κ1) is 17.4. The molecule has 4 heterocycles. The number of likely N-dealkylation sites (tertiary alicyclic amines) is 1. The van der Waals surface area contributed by atoms with Crippen molar-refractivity contribution in [3.63, 3.8) is 0 Å². The van der Waals surface area contributed by atoms with Crippen molar-refractivity contribution in [2.45, 2.75) is 25.7 Å². The summed E-state index contributed by atoms with van der Waals surface area (Å²) in [5, 5.41) is 1.82. The Morgan fingerprint density at radius 3 is 2.42 bits per heavy atom. The molecule has 26 heavy (non-hydrogen) atoms. The molecule has 7 heteroatoms.